The van der Waals surface area contributed by atoms with Gasteiger partial charge < -0.3 is 14.5 Å². The lowest BCUT2D eigenvalue weighted by molar-refractivity contribution is -0.150. The van der Waals surface area contributed by atoms with E-state index >= 15 is 0 Å². The van der Waals surface area contributed by atoms with Crippen molar-refractivity contribution in [1.82, 2.24) is 10.3 Å². The topological polar surface area (TPSA) is 64.4 Å². The maximum Gasteiger partial charge on any atom is 0.326 e. The molecule has 0 saturated carbocycles. The SMILES string of the molecule is CCNC(C)(CCSc1nc(C)co1)C(=O)OCC. The molecule has 108 valence electrons. The second-order valence-electron chi connectivity index (χ2n) is 4.44. The summed E-state index contributed by atoms with van der Waals surface area (Å²) in [6.45, 7) is 8.66. The Kier molecular flexibility index (Phi) is 6.37. The molecule has 0 spiro atoms. The number of carbonyl (C=O) groups excluding carboxylic acids is 1. The second kappa shape index (κ2) is 7.55. The zero-order chi connectivity index (χ0) is 14.3. The number of esters is 1. The highest BCUT2D eigenvalue weighted by molar-refractivity contribution is 7.99. The lowest BCUT2D eigenvalue weighted by atomic mass is 9.99. The van der Waals surface area contributed by atoms with E-state index < -0.39 is 5.54 Å². The molecule has 1 heterocycles. The number of ether oxygens (including phenoxy) is 1. The van der Waals surface area contributed by atoms with Gasteiger partial charge in [-0.25, -0.2) is 4.98 Å². The molecule has 19 heavy (non-hydrogen) atoms. The van der Waals surface area contributed by atoms with Crippen molar-refractivity contribution in [3.8, 4) is 0 Å². The third-order valence-corrected chi connectivity index (χ3v) is 3.56. The number of carbonyl (C=O) groups is 1. The summed E-state index contributed by atoms with van der Waals surface area (Å²) >= 11 is 1.50. The summed E-state index contributed by atoms with van der Waals surface area (Å²) in [5.74, 6) is 0.531. The van der Waals surface area contributed by atoms with Gasteiger partial charge in [-0.05, 0) is 33.7 Å². The first-order valence-electron chi connectivity index (χ1n) is 6.49. The van der Waals surface area contributed by atoms with E-state index in [-0.39, 0.29) is 5.97 Å². The molecular weight excluding hydrogens is 264 g/mol. The number of nitrogens with zero attached hydrogens (tertiary/aromatic N) is 1. The van der Waals surface area contributed by atoms with Crippen LogP contribution in [0.5, 0.6) is 0 Å². The zero-order valence-electron chi connectivity index (χ0n) is 12.0. The fourth-order valence-electron chi connectivity index (χ4n) is 1.68. The molecule has 1 unspecified atom stereocenters. The Bertz CT molecular complexity index is 408. The molecule has 0 radical (unpaired) electrons. The third-order valence-electron chi connectivity index (χ3n) is 2.72. The summed E-state index contributed by atoms with van der Waals surface area (Å²) in [7, 11) is 0. The molecule has 6 heteroatoms. The van der Waals surface area contributed by atoms with Crippen LogP contribution in [0.1, 0.15) is 32.9 Å². The van der Waals surface area contributed by atoms with Crippen LogP contribution in [0.2, 0.25) is 0 Å². The number of hydrogen-bond acceptors (Lipinski definition) is 6. The number of oxazole rings is 1. The van der Waals surface area contributed by atoms with Gasteiger partial charge in [-0.2, -0.15) is 0 Å². The highest BCUT2D eigenvalue weighted by Gasteiger charge is 2.33. The molecule has 1 aromatic rings. The van der Waals surface area contributed by atoms with Crippen LogP contribution in [0, 0.1) is 6.92 Å². The van der Waals surface area contributed by atoms with Crippen LogP contribution in [0.25, 0.3) is 0 Å². The van der Waals surface area contributed by atoms with Crippen LogP contribution >= 0.6 is 11.8 Å². The molecule has 1 atom stereocenters. The van der Waals surface area contributed by atoms with Gasteiger partial charge in [0.25, 0.3) is 5.22 Å². The van der Waals surface area contributed by atoms with Gasteiger partial charge in [0.1, 0.15) is 11.8 Å². The van der Waals surface area contributed by atoms with Gasteiger partial charge in [-0.15, -0.1) is 0 Å². The number of aromatic nitrogens is 1. The molecule has 1 N–H and O–H groups in total. The summed E-state index contributed by atoms with van der Waals surface area (Å²) in [5.41, 5.74) is 0.210. The fourth-order valence-corrected chi connectivity index (χ4v) is 2.69. The molecule has 5 nitrogen and oxygen atoms in total. The Labute approximate surface area is 118 Å². The van der Waals surface area contributed by atoms with Gasteiger partial charge >= 0.3 is 5.97 Å². The molecule has 0 bridgehead atoms. The quantitative estimate of drug-likeness (QED) is 0.585. The highest BCUT2D eigenvalue weighted by atomic mass is 32.2. The lowest BCUT2D eigenvalue weighted by Crippen LogP contribution is -2.50. The van der Waals surface area contributed by atoms with Crippen LogP contribution in [0.4, 0.5) is 0 Å². The van der Waals surface area contributed by atoms with Gasteiger partial charge in [0.05, 0.1) is 12.3 Å². The summed E-state index contributed by atoms with van der Waals surface area (Å²) < 4.78 is 10.4. The molecule has 0 aliphatic carbocycles. The summed E-state index contributed by atoms with van der Waals surface area (Å²) in [6.07, 6.45) is 2.28. The molecule has 0 aromatic carbocycles. The Morgan fingerprint density at radius 1 is 1.58 bits per heavy atom. The molecule has 0 fully saturated rings. The van der Waals surface area contributed by atoms with Crippen molar-refractivity contribution in [3.63, 3.8) is 0 Å². The molecular formula is C13H22N2O3S. The van der Waals surface area contributed by atoms with Crippen molar-refractivity contribution in [2.45, 2.75) is 44.9 Å². The van der Waals surface area contributed by atoms with Crippen molar-refractivity contribution in [2.75, 3.05) is 18.9 Å². The lowest BCUT2D eigenvalue weighted by Gasteiger charge is -2.27. The molecule has 0 aliphatic heterocycles. The van der Waals surface area contributed by atoms with Crippen molar-refractivity contribution >= 4 is 17.7 Å². The largest absolute Gasteiger partial charge is 0.465 e. The second-order valence-corrected chi connectivity index (χ2v) is 5.48. The Balaban J connectivity index is 2.51. The van der Waals surface area contributed by atoms with E-state index in [1.807, 2.05) is 27.7 Å². The number of hydrogen-bond donors (Lipinski definition) is 1. The minimum Gasteiger partial charge on any atom is -0.465 e. The predicted octanol–water partition coefficient (Wildman–Crippen LogP) is 2.40. The maximum absolute atomic E-state index is 12.0. The van der Waals surface area contributed by atoms with E-state index in [9.17, 15) is 4.79 Å². The van der Waals surface area contributed by atoms with Crippen LogP contribution in [0.3, 0.4) is 0 Å². The van der Waals surface area contributed by atoms with Gasteiger partial charge in [0.2, 0.25) is 0 Å². The Hall–Kier alpha value is -1.01. The maximum atomic E-state index is 12.0. The van der Waals surface area contributed by atoms with Crippen molar-refractivity contribution in [1.29, 1.82) is 0 Å². The number of likely N-dealkylation sites (N-methyl/N-ethyl adjacent to an activating group) is 1. The van der Waals surface area contributed by atoms with Crippen molar-refractivity contribution in [2.24, 2.45) is 0 Å². The first-order chi connectivity index (χ1) is 9.01. The molecule has 1 aromatic heterocycles. The van der Waals surface area contributed by atoms with Crippen LogP contribution in [-0.4, -0.2) is 35.4 Å². The zero-order valence-corrected chi connectivity index (χ0v) is 12.8. The average Bonchev–Trinajstić information content (AvgIpc) is 2.76. The smallest absolute Gasteiger partial charge is 0.326 e. The van der Waals surface area contributed by atoms with Crippen molar-refractivity contribution in [3.05, 3.63) is 12.0 Å². The number of thioether (sulfide) groups is 1. The minimum absolute atomic E-state index is 0.207. The third kappa shape index (κ3) is 4.87. The van der Waals surface area contributed by atoms with Gasteiger partial charge in [-0.3, -0.25) is 4.79 Å². The highest BCUT2D eigenvalue weighted by Crippen LogP contribution is 2.22. The summed E-state index contributed by atoms with van der Waals surface area (Å²) in [6, 6.07) is 0. The van der Waals surface area contributed by atoms with Gasteiger partial charge in [0.15, 0.2) is 0 Å². The van der Waals surface area contributed by atoms with E-state index in [0.717, 1.165) is 18.0 Å². The van der Waals surface area contributed by atoms with Gasteiger partial charge in [0, 0.05) is 5.75 Å². The van der Waals surface area contributed by atoms with E-state index in [0.29, 0.717) is 18.3 Å². The standard InChI is InChI=1S/C13H22N2O3S/c1-5-14-13(4,11(16)17-6-2)7-8-19-12-15-10(3)9-18-12/h9,14H,5-8H2,1-4H3. The van der Waals surface area contributed by atoms with Gasteiger partial charge in [-0.1, -0.05) is 18.7 Å². The number of rotatable bonds is 8. The molecule has 0 aliphatic rings. The summed E-state index contributed by atoms with van der Waals surface area (Å²) in [5, 5.41) is 3.84. The van der Waals surface area contributed by atoms with E-state index in [1.54, 1.807) is 6.26 Å². The van der Waals surface area contributed by atoms with E-state index in [1.165, 1.54) is 11.8 Å². The first-order valence-corrected chi connectivity index (χ1v) is 7.47. The fraction of sp³-hybridized carbons (Fsp3) is 0.692. The Morgan fingerprint density at radius 2 is 2.32 bits per heavy atom. The summed E-state index contributed by atoms with van der Waals surface area (Å²) in [4.78, 5) is 16.2. The van der Waals surface area contributed by atoms with Crippen molar-refractivity contribution < 1.29 is 13.9 Å². The molecule has 1 rings (SSSR count). The Morgan fingerprint density at radius 3 is 2.84 bits per heavy atom. The first kappa shape index (κ1) is 16.0. The van der Waals surface area contributed by atoms with Crippen LogP contribution in [-0.2, 0) is 9.53 Å². The number of nitrogens with one attached hydrogen (secondary N) is 1. The molecule has 0 amide bonds. The van der Waals surface area contributed by atoms with Crippen LogP contribution < -0.4 is 5.32 Å². The normalized spacial score (nSPS) is 14.1. The number of aryl methyl sites for hydroxylation is 1. The minimum atomic E-state index is -0.653. The van der Waals surface area contributed by atoms with Crippen LogP contribution in [0.15, 0.2) is 15.9 Å². The predicted molar refractivity (Wildman–Crippen MR) is 75.3 cm³/mol. The monoisotopic (exact) mass is 286 g/mol. The van der Waals surface area contributed by atoms with E-state index in [2.05, 4.69) is 10.3 Å². The molecule has 0 saturated heterocycles. The van der Waals surface area contributed by atoms with E-state index in [4.69, 9.17) is 9.15 Å². The average molecular weight is 286 g/mol.